The van der Waals surface area contributed by atoms with Gasteiger partial charge in [-0.2, -0.15) is 0 Å². The predicted molar refractivity (Wildman–Crippen MR) is 73.8 cm³/mol. The molecule has 8 nitrogen and oxygen atoms in total. The maximum atomic E-state index is 12.0. The molecule has 0 aromatic heterocycles. The van der Waals surface area contributed by atoms with E-state index >= 15 is 0 Å². The van der Waals surface area contributed by atoms with Crippen molar-refractivity contribution < 1.29 is 28.7 Å². The summed E-state index contributed by atoms with van der Waals surface area (Å²) < 4.78 is 21.2. The number of nitro groups is 1. The van der Waals surface area contributed by atoms with E-state index < -0.39 is 29.1 Å². The molecule has 1 aliphatic rings. The van der Waals surface area contributed by atoms with Crippen LogP contribution in [0.4, 0.5) is 5.69 Å². The van der Waals surface area contributed by atoms with E-state index in [0.29, 0.717) is 5.56 Å². The van der Waals surface area contributed by atoms with Crippen molar-refractivity contribution in [2.45, 2.75) is 32.0 Å². The van der Waals surface area contributed by atoms with E-state index in [9.17, 15) is 14.9 Å². The smallest absolute Gasteiger partial charge is 0.338 e. The zero-order valence-electron chi connectivity index (χ0n) is 12.5. The molecule has 3 atom stereocenters. The largest absolute Gasteiger partial charge is 0.464 e. The lowest BCUT2D eigenvalue weighted by Gasteiger charge is -2.20. The summed E-state index contributed by atoms with van der Waals surface area (Å²) in [5, 5.41) is 10.7. The Morgan fingerprint density at radius 1 is 1.36 bits per heavy atom. The summed E-state index contributed by atoms with van der Waals surface area (Å²) in [7, 11) is 1.39. The maximum Gasteiger partial charge on any atom is 0.338 e. The first-order chi connectivity index (χ1) is 10.4. The van der Waals surface area contributed by atoms with Crippen LogP contribution < -0.4 is 0 Å². The molecule has 0 radical (unpaired) electrons. The van der Waals surface area contributed by atoms with Crippen molar-refractivity contribution >= 4 is 11.7 Å². The highest BCUT2D eigenvalue weighted by atomic mass is 16.9. The number of ether oxygens (including phenoxy) is 4. The molecular weight excluding hydrogens is 294 g/mol. The first-order valence-corrected chi connectivity index (χ1v) is 6.72. The molecule has 0 amide bonds. The van der Waals surface area contributed by atoms with Crippen molar-refractivity contribution in [1.29, 1.82) is 0 Å². The molecule has 1 aromatic rings. The van der Waals surface area contributed by atoms with Gasteiger partial charge in [0.1, 0.15) is 6.10 Å². The van der Waals surface area contributed by atoms with E-state index in [2.05, 4.69) is 0 Å². The third-order valence-corrected chi connectivity index (χ3v) is 3.28. The van der Waals surface area contributed by atoms with Crippen molar-refractivity contribution in [1.82, 2.24) is 0 Å². The number of non-ortho nitro benzene ring substituents is 1. The number of hydrogen-bond acceptors (Lipinski definition) is 7. The lowest BCUT2D eigenvalue weighted by atomic mass is 10.0. The molecule has 1 aromatic carbocycles. The van der Waals surface area contributed by atoms with Crippen molar-refractivity contribution in [3.63, 3.8) is 0 Å². The Hall–Kier alpha value is -2.03. The van der Waals surface area contributed by atoms with E-state index in [1.165, 1.54) is 38.3 Å². The van der Waals surface area contributed by atoms with Crippen LogP contribution in [0.25, 0.3) is 0 Å². The van der Waals surface area contributed by atoms with Crippen LogP contribution in [0.3, 0.4) is 0 Å². The lowest BCUT2D eigenvalue weighted by molar-refractivity contribution is -0.384. The summed E-state index contributed by atoms with van der Waals surface area (Å²) in [6.07, 6.45) is -1.78. The zero-order chi connectivity index (χ0) is 16.3. The highest BCUT2D eigenvalue weighted by Crippen LogP contribution is 2.39. The summed E-state index contributed by atoms with van der Waals surface area (Å²) in [4.78, 5) is 22.2. The Labute approximate surface area is 127 Å². The summed E-state index contributed by atoms with van der Waals surface area (Å²) >= 11 is 0. The Kier molecular flexibility index (Phi) is 4.74. The summed E-state index contributed by atoms with van der Waals surface area (Å²) in [6.45, 7) is 3.42. The van der Waals surface area contributed by atoms with Gasteiger partial charge in [-0.3, -0.25) is 10.1 Å². The van der Waals surface area contributed by atoms with Crippen molar-refractivity contribution in [2.24, 2.45) is 0 Å². The van der Waals surface area contributed by atoms with Crippen LogP contribution >= 0.6 is 0 Å². The number of methoxy groups -OCH3 is 1. The lowest BCUT2D eigenvalue weighted by Crippen LogP contribution is -2.32. The minimum absolute atomic E-state index is 0.0511. The van der Waals surface area contributed by atoms with Gasteiger partial charge in [-0.25, -0.2) is 4.79 Å². The van der Waals surface area contributed by atoms with Crippen LogP contribution in [0.2, 0.25) is 0 Å². The number of rotatable bonds is 5. The first-order valence-electron chi connectivity index (χ1n) is 6.72. The molecule has 0 bridgehead atoms. The molecule has 1 fully saturated rings. The topological polar surface area (TPSA) is 97.1 Å². The average Bonchev–Trinajstić information content (AvgIpc) is 2.86. The molecule has 0 spiro atoms. The third kappa shape index (κ3) is 3.24. The second-order valence-electron chi connectivity index (χ2n) is 4.74. The Morgan fingerprint density at radius 2 is 2.00 bits per heavy atom. The second-order valence-corrected chi connectivity index (χ2v) is 4.74. The molecule has 120 valence electrons. The Balaban J connectivity index is 2.28. The van der Waals surface area contributed by atoms with Crippen LogP contribution in [0.15, 0.2) is 24.3 Å². The van der Waals surface area contributed by atoms with Crippen molar-refractivity contribution in [2.75, 3.05) is 13.7 Å². The summed E-state index contributed by atoms with van der Waals surface area (Å²) in [5.74, 6) is -1.96. The molecule has 1 saturated heterocycles. The molecular formula is C14H17NO7. The fourth-order valence-electron chi connectivity index (χ4n) is 2.13. The van der Waals surface area contributed by atoms with E-state index in [4.69, 9.17) is 18.9 Å². The van der Waals surface area contributed by atoms with Gasteiger partial charge < -0.3 is 18.9 Å². The van der Waals surface area contributed by atoms with E-state index in [-0.39, 0.29) is 12.3 Å². The van der Waals surface area contributed by atoms with Crippen molar-refractivity contribution in [3.8, 4) is 0 Å². The summed E-state index contributed by atoms with van der Waals surface area (Å²) in [6, 6.07) is 5.70. The quantitative estimate of drug-likeness (QED) is 0.465. The van der Waals surface area contributed by atoms with Crippen LogP contribution in [0.5, 0.6) is 0 Å². The number of carbonyl (C=O) groups excluding carboxylic acids is 1. The van der Waals surface area contributed by atoms with Crippen molar-refractivity contribution in [3.05, 3.63) is 39.9 Å². The molecule has 0 saturated carbocycles. The highest BCUT2D eigenvalue weighted by Gasteiger charge is 2.50. The molecule has 1 heterocycles. The normalized spacial score (nSPS) is 27.6. The molecule has 22 heavy (non-hydrogen) atoms. The average molecular weight is 311 g/mol. The molecule has 2 rings (SSSR count). The first kappa shape index (κ1) is 16.3. The van der Waals surface area contributed by atoms with Gasteiger partial charge in [0.05, 0.1) is 11.5 Å². The minimum Gasteiger partial charge on any atom is -0.464 e. The number of hydrogen-bond donors (Lipinski definition) is 0. The van der Waals surface area contributed by atoms with Gasteiger partial charge in [-0.05, 0) is 24.6 Å². The summed E-state index contributed by atoms with van der Waals surface area (Å²) in [5.41, 5.74) is 0.509. The highest BCUT2D eigenvalue weighted by molar-refractivity contribution is 5.76. The molecule has 0 N–H and O–H groups in total. The van der Waals surface area contributed by atoms with Crippen LogP contribution in [0.1, 0.15) is 25.5 Å². The number of nitrogens with zero attached hydrogens (tertiary/aromatic N) is 1. The Morgan fingerprint density at radius 3 is 2.50 bits per heavy atom. The van der Waals surface area contributed by atoms with E-state index in [1.54, 1.807) is 6.92 Å². The number of benzene rings is 1. The van der Waals surface area contributed by atoms with Crippen LogP contribution in [-0.4, -0.2) is 36.7 Å². The minimum atomic E-state index is -1.39. The van der Waals surface area contributed by atoms with Crippen LogP contribution in [0, 0.1) is 10.1 Å². The number of nitro benzene ring substituents is 1. The maximum absolute atomic E-state index is 12.0. The Bertz CT molecular complexity index is 559. The van der Waals surface area contributed by atoms with E-state index in [0.717, 1.165) is 0 Å². The van der Waals surface area contributed by atoms with Gasteiger partial charge in [-0.15, -0.1) is 0 Å². The van der Waals surface area contributed by atoms with Crippen LogP contribution in [-0.2, 0) is 23.7 Å². The molecule has 8 heteroatoms. The predicted octanol–water partition coefficient (Wildman–Crippen LogP) is 1.93. The van der Waals surface area contributed by atoms with Gasteiger partial charge >= 0.3 is 5.97 Å². The molecule has 1 unspecified atom stereocenters. The monoisotopic (exact) mass is 311 g/mol. The SMILES string of the molecule is CCOC(=O)[C@@H]1OC(C)(OC)O[C@H]1c1ccc([N+](=O)[O-])cc1. The van der Waals surface area contributed by atoms with Gasteiger partial charge in [0.25, 0.3) is 11.7 Å². The van der Waals surface area contributed by atoms with Gasteiger partial charge in [0, 0.05) is 26.2 Å². The fraction of sp³-hybridized carbons (Fsp3) is 0.500. The second kappa shape index (κ2) is 6.39. The molecule has 0 aliphatic carbocycles. The number of carbonyl (C=O) groups is 1. The van der Waals surface area contributed by atoms with E-state index in [1.807, 2.05) is 0 Å². The fourth-order valence-corrected chi connectivity index (χ4v) is 2.13. The van der Waals surface area contributed by atoms with Gasteiger partial charge in [0.2, 0.25) is 0 Å². The zero-order valence-corrected chi connectivity index (χ0v) is 12.5. The third-order valence-electron chi connectivity index (χ3n) is 3.28. The molecule has 1 aliphatic heterocycles. The van der Waals surface area contributed by atoms with Gasteiger partial charge in [-0.1, -0.05) is 0 Å². The number of esters is 1. The standard InChI is InChI=1S/C14H17NO7/c1-4-20-13(16)12-11(21-14(2,19-3)22-12)9-5-7-10(8-6-9)15(17)18/h5-8,11-12H,4H2,1-3H3/t11-,12+,14?/m0/s1. The van der Waals surface area contributed by atoms with Gasteiger partial charge in [0.15, 0.2) is 6.10 Å².